The van der Waals surface area contributed by atoms with E-state index in [1.165, 1.54) is 22.7 Å². The zero-order valence-electron chi connectivity index (χ0n) is 13.0. The summed E-state index contributed by atoms with van der Waals surface area (Å²) in [4.78, 5) is 17.4. The average molecular weight is 372 g/mol. The first-order valence-corrected chi connectivity index (χ1v) is 8.65. The van der Waals surface area contributed by atoms with Gasteiger partial charge in [0.1, 0.15) is 5.82 Å². The third-order valence-corrected chi connectivity index (χ3v) is 5.02. The van der Waals surface area contributed by atoms with Crippen LogP contribution in [0.4, 0.5) is 4.39 Å². The molecule has 2 aromatic heterocycles. The molecule has 0 unspecified atom stereocenters. The normalized spacial score (nSPS) is 12.2. The fourth-order valence-electron chi connectivity index (χ4n) is 2.52. The molecule has 0 fully saturated rings. The molecule has 4 rings (SSSR count). The van der Waals surface area contributed by atoms with Crippen LogP contribution in [0.5, 0.6) is 0 Å². The predicted molar refractivity (Wildman–Crippen MR) is 97.5 cm³/mol. The van der Waals surface area contributed by atoms with Crippen molar-refractivity contribution in [3.05, 3.63) is 79.3 Å². The van der Waals surface area contributed by atoms with Crippen molar-refractivity contribution in [2.24, 2.45) is 0 Å². The Morgan fingerprint density at radius 1 is 1.24 bits per heavy atom. The largest absolute Gasteiger partial charge is 0.291 e. The Balaban J connectivity index is 1.87. The van der Waals surface area contributed by atoms with E-state index in [9.17, 15) is 9.18 Å². The molecule has 0 aliphatic carbocycles. The van der Waals surface area contributed by atoms with Gasteiger partial charge in [-0.2, -0.15) is 9.50 Å². The van der Waals surface area contributed by atoms with E-state index < -0.39 is 5.82 Å². The number of thiazole rings is 1. The Morgan fingerprint density at radius 3 is 2.76 bits per heavy atom. The number of halogens is 2. The Hall–Kier alpha value is -2.57. The topological polar surface area (TPSA) is 47.3 Å². The summed E-state index contributed by atoms with van der Waals surface area (Å²) >= 11 is 7.17. The summed E-state index contributed by atoms with van der Waals surface area (Å²) in [5.41, 5.74) is 1.77. The van der Waals surface area contributed by atoms with Crippen molar-refractivity contribution in [2.75, 3.05) is 0 Å². The highest BCUT2D eigenvalue weighted by Crippen LogP contribution is 2.20. The summed E-state index contributed by atoms with van der Waals surface area (Å²) in [6.07, 6.45) is 1.44. The second kappa shape index (κ2) is 6.06. The summed E-state index contributed by atoms with van der Waals surface area (Å²) in [5, 5.41) is 4.54. The SMILES string of the molecule is Cc1cccc(-c2nc3sc(=Cc4c(F)cccc4Cl)c(=O)n3n2)c1. The Morgan fingerprint density at radius 2 is 2.04 bits per heavy atom. The van der Waals surface area contributed by atoms with E-state index in [1.54, 1.807) is 6.07 Å². The summed E-state index contributed by atoms with van der Waals surface area (Å²) in [5.74, 6) is 0.00822. The van der Waals surface area contributed by atoms with Crippen LogP contribution < -0.4 is 10.1 Å². The molecule has 7 heteroatoms. The van der Waals surface area contributed by atoms with Crippen molar-refractivity contribution in [3.63, 3.8) is 0 Å². The van der Waals surface area contributed by atoms with Crippen LogP contribution in [0.2, 0.25) is 5.02 Å². The van der Waals surface area contributed by atoms with Crippen LogP contribution in [0.3, 0.4) is 0 Å². The second-order valence-corrected chi connectivity index (χ2v) is 6.97. The van der Waals surface area contributed by atoms with Crippen molar-refractivity contribution in [1.82, 2.24) is 14.6 Å². The van der Waals surface area contributed by atoms with Crippen LogP contribution in [-0.2, 0) is 0 Å². The Bertz CT molecular complexity index is 1190. The molecule has 25 heavy (non-hydrogen) atoms. The molecule has 0 bridgehead atoms. The van der Waals surface area contributed by atoms with E-state index in [4.69, 9.17) is 11.6 Å². The molecule has 0 radical (unpaired) electrons. The molecule has 0 atom stereocenters. The first-order valence-electron chi connectivity index (χ1n) is 7.45. The van der Waals surface area contributed by atoms with Crippen LogP contribution in [0.1, 0.15) is 11.1 Å². The monoisotopic (exact) mass is 371 g/mol. The molecular weight excluding hydrogens is 361 g/mol. The quantitative estimate of drug-likeness (QED) is 0.542. The van der Waals surface area contributed by atoms with Gasteiger partial charge in [-0.3, -0.25) is 4.79 Å². The highest BCUT2D eigenvalue weighted by Gasteiger charge is 2.13. The van der Waals surface area contributed by atoms with Gasteiger partial charge in [0, 0.05) is 11.1 Å². The van der Waals surface area contributed by atoms with Gasteiger partial charge < -0.3 is 0 Å². The fraction of sp³-hybridized carbons (Fsp3) is 0.0556. The minimum absolute atomic E-state index is 0.185. The smallest absolute Gasteiger partial charge is 0.266 e. The molecule has 2 aromatic carbocycles. The van der Waals surface area contributed by atoms with Crippen LogP contribution in [-0.4, -0.2) is 14.6 Å². The van der Waals surface area contributed by atoms with Crippen molar-refractivity contribution in [3.8, 4) is 11.4 Å². The van der Waals surface area contributed by atoms with Gasteiger partial charge in [0.15, 0.2) is 5.82 Å². The number of hydrogen-bond donors (Lipinski definition) is 0. The van der Waals surface area contributed by atoms with Gasteiger partial charge in [0.05, 0.1) is 9.55 Å². The number of rotatable bonds is 2. The molecule has 4 aromatic rings. The number of fused-ring (bicyclic) bond motifs is 1. The molecular formula is C18H11ClFN3OS. The van der Waals surface area contributed by atoms with Crippen molar-refractivity contribution < 1.29 is 4.39 Å². The van der Waals surface area contributed by atoms with Gasteiger partial charge >= 0.3 is 0 Å². The molecule has 0 amide bonds. The van der Waals surface area contributed by atoms with E-state index in [0.29, 0.717) is 15.3 Å². The Labute approximate surface area is 150 Å². The predicted octanol–water partition coefficient (Wildman–Crippen LogP) is 3.47. The zero-order valence-corrected chi connectivity index (χ0v) is 14.6. The lowest BCUT2D eigenvalue weighted by Crippen LogP contribution is -2.23. The lowest BCUT2D eigenvalue weighted by Gasteiger charge is -1.98. The summed E-state index contributed by atoms with van der Waals surface area (Å²) < 4.78 is 15.5. The summed E-state index contributed by atoms with van der Waals surface area (Å²) in [6.45, 7) is 1.98. The van der Waals surface area contributed by atoms with Gasteiger partial charge in [-0.1, -0.05) is 52.8 Å². The van der Waals surface area contributed by atoms with Crippen LogP contribution >= 0.6 is 22.9 Å². The number of aryl methyl sites for hydroxylation is 1. The van der Waals surface area contributed by atoms with Gasteiger partial charge in [0.25, 0.3) is 5.56 Å². The van der Waals surface area contributed by atoms with Crippen molar-refractivity contribution in [1.29, 1.82) is 0 Å². The number of aromatic nitrogens is 3. The minimum atomic E-state index is -0.480. The van der Waals surface area contributed by atoms with E-state index in [0.717, 1.165) is 22.5 Å². The molecule has 0 aliphatic heterocycles. The lowest BCUT2D eigenvalue weighted by atomic mass is 10.1. The maximum atomic E-state index is 13.9. The van der Waals surface area contributed by atoms with Crippen LogP contribution in [0, 0.1) is 12.7 Å². The highest BCUT2D eigenvalue weighted by atomic mass is 35.5. The maximum absolute atomic E-state index is 13.9. The molecule has 4 nitrogen and oxygen atoms in total. The number of hydrogen-bond acceptors (Lipinski definition) is 4. The molecule has 2 heterocycles. The maximum Gasteiger partial charge on any atom is 0.291 e. The van der Waals surface area contributed by atoms with Crippen molar-refractivity contribution >= 4 is 34.0 Å². The Kier molecular flexibility index (Phi) is 3.86. The standard InChI is InChI=1S/C18H11ClFN3OS/c1-10-4-2-5-11(8-10)16-21-18-23(22-16)17(24)15(25-18)9-12-13(19)6-3-7-14(12)20/h2-9H,1H3. The van der Waals surface area contributed by atoms with Gasteiger partial charge in [0.2, 0.25) is 4.96 Å². The molecule has 0 spiro atoms. The molecule has 0 aliphatic rings. The summed E-state index contributed by atoms with van der Waals surface area (Å²) in [6, 6.07) is 12.1. The lowest BCUT2D eigenvalue weighted by molar-refractivity contribution is 0.625. The van der Waals surface area contributed by atoms with E-state index in [-0.39, 0.29) is 16.1 Å². The molecule has 0 saturated heterocycles. The van der Waals surface area contributed by atoms with Gasteiger partial charge in [-0.15, -0.1) is 5.10 Å². The number of benzene rings is 2. The number of nitrogens with zero attached hydrogens (tertiary/aromatic N) is 3. The third kappa shape index (κ3) is 2.83. The zero-order chi connectivity index (χ0) is 17.6. The van der Waals surface area contributed by atoms with Crippen molar-refractivity contribution in [2.45, 2.75) is 6.92 Å². The minimum Gasteiger partial charge on any atom is -0.266 e. The molecule has 124 valence electrons. The summed E-state index contributed by atoms with van der Waals surface area (Å²) in [7, 11) is 0. The van der Waals surface area contributed by atoms with Crippen LogP contribution in [0.15, 0.2) is 47.3 Å². The van der Waals surface area contributed by atoms with Crippen LogP contribution in [0.25, 0.3) is 22.4 Å². The van der Waals surface area contributed by atoms with E-state index >= 15 is 0 Å². The van der Waals surface area contributed by atoms with Gasteiger partial charge in [-0.05, 0) is 31.2 Å². The molecule has 0 saturated carbocycles. The average Bonchev–Trinajstić information content (AvgIpc) is 3.11. The van der Waals surface area contributed by atoms with E-state index in [2.05, 4.69) is 10.1 Å². The molecule has 0 N–H and O–H groups in total. The fourth-order valence-corrected chi connectivity index (χ4v) is 3.63. The first kappa shape index (κ1) is 15.9. The second-order valence-electron chi connectivity index (χ2n) is 5.55. The first-order chi connectivity index (χ1) is 12.0. The van der Waals surface area contributed by atoms with Gasteiger partial charge in [-0.25, -0.2) is 4.39 Å². The highest BCUT2D eigenvalue weighted by molar-refractivity contribution is 7.15. The third-order valence-electron chi connectivity index (χ3n) is 3.73. The van der Waals surface area contributed by atoms with E-state index in [1.807, 2.05) is 31.2 Å².